The molecular weight excluding hydrogens is 172 g/mol. The molecule has 0 unspecified atom stereocenters. The van der Waals surface area contributed by atoms with E-state index in [9.17, 15) is 4.79 Å². The maximum absolute atomic E-state index is 10.4. The Balaban J connectivity index is 3.51. The molecular formula is C9H14O4. The van der Waals surface area contributed by atoms with Crippen LogP contribution in [0.1, 0.15) is 12.8 Å². The molecule has 0 aromatic heterocycles. The third-order valence-electron chi connectivity index (χ3n) is 1.40. The van der Waals surface area contributed by atoms with Crippen LogP contribution in [-0.4, -0.2) is 29.4 Å². The number of carboxylic acid groups (broad SMARTS) is 1. The molecule has 0 bridgehead atoms. The van der Waals surface area contributed by atoms with E-state index in [4.69, 9.17) is 14.9 Å². The summed E-state index contributed by atoms with van der Waals surface area (Å²) < 4.78 is 5.04. The first-order chi connectivity index (χ1) is 6.22. The molecule has 0 saturated carbocycles. The van der Waals surface area contributed by atoms with Crippen molar-refractivity contribution in [2.24, 2.45) is 0 Å². The first-order valence-corrected chi connectivity index (χ1v) is 3.97. The number of rotatable bonds is 7. The fourth-order valence-corrected chi connectivity index (χ4v) is 0.758. The molecule has 0 saturated heterocycles. The maximum Gasteiger partial charge on any atom is 0.334 e. The Kier molecular flexibility index (Phi) is 6.63. The molecule has 0 aromatic carbocycles. The molecule has 4 heteroatoms. The van der Waals surface area contributed by atoms with Crippen LogP contribution in [0.25, 0.3) is 0 Å². The number of aliphatic hydroxyl groups excluding tert-OH is 1. The van der Waals surface area contributed by atoms with Crippen molar-refractivity contribution in [3.63, 3.8) is 0 Å². The zero-order valence-corrected chi connectivity index (χ0v) is 7.40. The summed E-state index contributed by atoms with van der Waals surface area (Å²) in [7, 11) is 0. The van der Waals surface area contributed by atoms with E-state index in [1.54, 1.807) is 6.08 Å². The van der Waals surface area contributed by atoms with Gasteiger partial charge in [-0.2, -0.15) is 0 Å². The van der Waals surface area contributed by atoms with Gasteiger partial charge in [0.2, 0.25) is 0 Å². The normalized spacial score (nSPS) is 11.2. The van der Waals surface area contributed by atoms with Crippen LogP contribution in [0, 0.1) is 0 Å². The molecule has 0 fully saturated rings. The molecule has 0 rings (SSSR count). The quantitative estimate of drug-likeness (QED) is 0.273. The summed E-state index contributed by atoms with van der Waals surface area (Å²) in [5.41, 5.74) is 0.00204. The number of aliphatic carboxylic acids is 1. The van der Waals surface area contributed by atoms with Crippen LogP contribution in [-0.2, 0) is 9.53 Å². The summed E-state index contributed by atoms with van der Waals surface area (Å²) in [5, 5.41) is 17.0. The second-order valence-corrected chi connectivity index (χ2v) is 2.43. The van der Waals surface area contributed by atoms with Crippen molar-refractivity contribution < 1.29 is 19.7 Å². The first kappa shape index (κ1) is 11.7. The minimum absolute atomic E-state index is 0.00204. The molecule has 13 heavy (non-hydrogen) atoms. The Morgan fingerprint density at radius 3 is 2.69 bits per heavy atom. The fraction of sp³-hybridized carbons (Fsp3) is 0.444. The van der Waals surface area contributed by atoms with Gasteiger partial charge in [-0.25, -0.2) is 4.79 Å². The van der Waals surface area contributed by atoms with Crippen LogP contribution >= 0.6 is 0 Å². The standard InChI is InChI=1S/C9H14O4/c1-2-5-13-6-3-4-8(7-10)9(11)12/h2,7,10H,1,3-6H2,(H,11,12). The molecule has 0 atom stereocenters. The number of carboxylic acids is 1. The van der Waals surface area contributed by atoms with Gasteiger partial charge in [0.25, 0.3) is 0 Å². The molecule has 0 aliphatic carbocycles. The van der Waals surface area contributed by atoms with Gasteiger partial charge in [0, 0.05) is 6.61 Å². The van der Waals surface area contributed by atoms with E-state index >= 15 is 0 Å². The van der Waals surface area contributed by atoms with E-state index in [-0.39, 0.29) is 5.57 Å². The maximum atomic E-state index is 10.4. The smallest absolute Gasteiger partial charge is 0.334 e. The van der Waals surface area contributed by atoms with Crippen LogP contribution in [0.4, 0.5) is 0 Å². The van der Waals surface area contributed by atoms with Crippen molar-refractivity contribution in [2.75, 3.05) is 13.2 Å². The molecule has 74 valence electrons. The van der Waals surface area contributed by atoms with Gasteiger partial charge in [0.1, 0.15) is 0 Å². The van der Waals surface area contributed by atoms with Gasteiger partial charge in [0.05, 0.1) is 18.4 Å². The van der Waals surface area contributed by atoms with E-state index in [1.807, 2.05) is 0 Å². The van der Waals surface area contributed by atoms with E-state index in [0.29, 0.717) is 32.3 Å². The van der Waals surface area contributed by atoms with Crippen LogP contribution in [0.15, 0.2) is 24.5 Å². The predicted molar refractivity (Wildman–Crippen MR) is 48.6 cm³/mol. The second-order valence-electron chi connectivity index (χ2n) is 2.43. The van der Waals surface area contributed by atoms with Gasteiger partial charge in [0.15, 0.2) is 0 Å². The third kappa shape index (κ3) is 5.93. The fourth-order valence-electron chi connectivity index (χ4n) is 0.758. The molecule has 0 amide bonds. The highest BCUT2D eigenvalue weighted by atomic mass is 16.5. The van der Waals surface area contributed by atoms with Crippen LogP contribution in [0.3, 0.4) is 0 Å². The molecule has 0 aliphatic heterocycles. The van der Waals surface area contributed by atoms with Gasteiger partial charge in [-0.15, -0.1) is 6.58 Å². The highest BCUT2D eigenvalue weighted by Gasteiger charge is 2.05. The van der Waals surface area contributed by atoms with Crippen molar-refractivity contribution in [3.8, 4) is 0 Å². The number of aliphatic hydroxyl groups is 1. The number of hydrogen-bond acceptors (Lipinski definition) is 3. The van der Waals surface area contributed by atoms with Crippen LogP contribution in [0.5, 0.6) is 0 Å². The zero-order chi connectivity index (χ0) is 10.1. The monoisotopic (exact) mass is 186 g/mol. The number of hydrogen-bond donors (Lipinski definition) is 2. The molecule has 4 nitrogen and oxygen atoms in total. The van der Waals surface area contributed by atoms with Gasteiger partial charge in [-0.3, -0.25) is 0 Å². The van der Waals surface area contributed by atoms with Crippen molar-refractivity contribution in [1.82, 2.24) is 0 Å². The Labute approximate surface area is 77.1 Å². The second kappa shape index (κ2) is 7.36. The summed E-state index contributed by atoms with van der Waals surface area (Å²) in [6, 6.07) is 0. The summed E-state index contributed by atoms with van der Waals surface area (Å²) in [6.45, 7) is 4.40. The largest absolute Gasteiger partial charge is 0.515 e. The minimum atomic E-state index is -1.09. The Morgan fingerprint density at radius 2 is 2.23 bits per heavy atom. The number of ether oxygens (including phenoxy) is 1. The van der Waals surface area contributed by atoms with E-state index in [0.717, 1.165) is 0 Å². The van der Waals surface area contributed by atoms with E-state index in [2.05, 4.69) is 6.58 Å². The van der Waals surface area contributed by atoms with Gasteiger partial charge in [-0.1, -0.05) is 6.08 Å². The molecule has 0 aliphatic rings. The lowest BCUT2D eigenvalue weighted by Gasteiger charge is -2.01. The highest BCUT2D eigenvalue weighted by Crippen LogP contribution is 2.04. The lowest BCUT2D eigenvalue weighted by Crippen LogP contribution is -2.03. The molecule has 0 heterocycles. The minimum Gasteiger partial charge on any atom is -0.515 e. The summed E-state index contributed by atoms with van der Waals surface area (Å²) in [5.74, 6) is -1.09. The molecule has 0 radical (unpaired) electrons. The van der Waals surface area contributed by atoms with Crippen molar-refractivity contribution in [1.29, 1.82) is 0 Å². The average Bonchev–Trinajstić information content (AvgIpc) is 2.10. The molecule has 2 N–H and O–H groups in total. The van der Waals surface area contributed by atoms with Gasteiger partial charge in [-0.05, 0) is 12.8 Å². The average molecular weight is 186 g/mol. The molecule has 0 spiro atoms. The third-order valence-corrected chi connectivity index (χ3v) is 1.40. The summed E-state index contributed by atoms with van der Waals surface area (Å²) in [6.07, 6.45) is 3.13. The lowest BCUT2D eigenvalue weighted by atomic mass is 10.2. The van der Waals surface area contributed by atoms with Gasteiger partial charge < -0.3 is 14.9 Å². The Bertz CT molecular complexity index is 196. The Hall–Kier alpha value is -1.29. The number of carbonyl (C=O) groups is 1. The van der Waals surface area contributed by atoms with E-state index in [1.165, 1.54) is 0 Å². The predicted octanol–water partition coefficient (Wildman–Crippen LogP) is 1.50. The van der Waals surface area contributed by atoms with E-state index < -0.39 is 5.97 Å². The lowest BCUT2D eigenvalue weighted by molar-refractivity contribution is -0.133. The summed E-state index contributed by atoms with van der Waals surface area (Å²) >= 11 is 0. The van der Waals surface area contributed by atoms with Crippen LogP contribution < -0.4 is 0 Å². The summed E-state index contributed by atoms with van der Waals surface area (Å²) in [4.78, 5) is 10.4. The zero-order valence-electron chi connectivity index (χ0n) is 7.40. The topological polar surface area (TPSA) is 66.8 Å². The van der Waals surface area contributed by atoms with Crippen LogP contribution in [0.2, 0.25) is 0 Å². The van der Waals surface area contributed by atoms with Crippen molar-refractivity contribution in [2.45, 2.75) is 12.8 Å². The van der Waals surface area contributed by atoms with Crippen molar-refractivity contribution in [3.05, 3.63) is 24.5 Å². The molecule has 0 aromatic rings. The first-order valence-electron chi connectivity index (χ1n) is 3.97. The van der Waals surface area contributed by atoms with Crippen molar-refractivity contribution >= 4 is 5.97 Å². The SMILES string of the molecule is C=CCOCCCC(=CO)C(=O)O. The Morgan fingerprint density at radius 1 is 1.54 bits per heavy atom. The van der Waals surface area contributed by atoms with Gasteiger partial charge >= 0.3 is 5.97 Å². The highest BCUT2D eigenvalue weighted by molar-refractivity contribution is 5.86.